The molecule has 0 aliphatic rings. The maximum absolute atomic E-state index is 10.6. The third-order valence-corrected chi connectivity index (χ3v) is 4.22. The Balaban J connectivity index is 1.81. The van der Waals surface area contributed by atoms with Crippen molar-refractivity contribution in [2.75, 3.05) is 26.1 Å². The molecule has 3 rings (SSSR count). The number of hydrogen-bond donors (Lipinski definition) is 2. The van der Waals surface area contributed by atoms with Crippen LogP contribution in [0.15, 0.2) is 48.7 Å². The maximum atomic E-state index is 10.6. The van der Waals surface area contributed by atoms with Gasteiger partial charge in [0.15, 0.2) is 0 Å². The van der Waals surface area contributed by atoms with Gasteiger partial charge in [-0.05, 0) is 36.2 Å². The van der Waals surface area contributed by atoms with E-state index in [-0.39, 0.29) is 0 Å². The summed E-state index contributed by atoms with van der Waals surface area (Å²) in [7, 11) is 3.18. The molecule has 1 heterocycles. The van der Waals surface area contributed by atoms with Crippen LogP contribution in [0.25, 0.3) is 10.9 Å². The number of nitrogens with zero attached hydrogens (tertiary/aromatic N) is 1. The Kier molecular flexibility index (Phi) is 5.05. The quantitative estimate of drug-likeness (QED) is 0.717. The van der Waals surface area contributed by atoms with E-state index in [9.17, 15) is 5.11 Å². The van der Waals surface area contributed by atoms with E-state index in [1.165, 1.54) is 0 Å². The van der Waals surface area contributed by atoms with Crippen LogP contribution in [0.4, 0.5) is 5.69 Å². The molecule has 1 unspecified atom stereocenters. The van der Waals surface area contributed by atoms with Gasteiger partial charge in [-0.3, -0.25) is 4.98 Å². The maximum Gasteiger partial charge on any atom is 0.122 e. The van der Waals surface area contributed by atoms with Crippen LogP contribution in [0.5, 0.6) is 11.5 Å². The highest BCUT2D eigenvalue weighted by Gasteiger charge is 2.12. The van der Waals surface area contributed by atoms with Crippen molar-refractivity contribution >= 4 is 16.6 Å². The number of anilines is 1. The number of pyridine rings is 1. The highest BCUT2D eigenvalue weighted by Crippen LogP contribution is 2.28. The molecule has 0 saturated carbocycles. The average Bonchev–Trinajstić information content (AvgIpc) is 2.66. The largest absolute Gasteiger partial charge is 0.497 e. The Labute approximate surface area is 147 Å². The molecule has 5 nitrogen and oxygen atoms in total. The summed E-state index contributed by atoms with van der Waals surface area (Å²) in [4.78, 5) is 4.44. The van der Waals surface area contributed by atoms with Gasteiger partial charge in [0.25, 0.3) is 0 Å². The SMILES string of the molecule is COc1cc(OC)cc(C(O)CNc2ccnc3c(C)cccc23)c1. The van der Waals surface area contributed by atoms with Crippen LogP contribution >= 0.6 is 0 Å². The van der Waals surface area contributed by atoms with Crippen molar-refractivity contribution in [1.82, 2.24) is 4.98 Å². The highest BCUT2D eigenvalue weighted by molar-refractivity contribution is 5.92. The molecule has 1 atom stereocenters. The minimum atomic E-state index is -0.697. The molecule has 0 saturated heterocycles. The summed E-state index contributed by atoms with van der Waals surface area (Å²) in [6.45, 7) is 2.40. The topological polar surface area (TPSA) is 63.6 Å². The van der Waals surface area contributed by atoms with E-state index in [2.05, 4.69) is 10.3 Å². The standard InChI is InChI=1S/C20H22N2O3/c1-13-5-4-6-17-18(7-8-21-20(13)17)22-12-19(23)14-9-15(24-2)11-16(10-14)25-3/h4-11,19,23H,12H2,1-3H3,(H,21,22). The molecule has 3 aromatic rings. The second kappa shape index (κ2) is 7.40. The number of aliphatic hydroxyl groups excluding tert-OH is 1. The lowest BCUT2D eigenvalue weighted by atomic mass is 10.1. The van der Waals surface area contributed by atoms with Gasteiger partial charge in [-0.2, -0.15) is 0 Å². The number of aryl methyl sites for hydroxylation is 1. The number of methoxy groups -OCH3 is 2. The summed E-state index contributed by atoms with van der Waals surface area (Å²) in [5, 5.41) is 14.9. The number of ether oxygens (including phenoxy) is 2. The van der Waals surface area contributed by atoms with Crippen LogP contribution in [0.2, 0.25) is 0 Å². The molecule has 0 amide bonds. The molecule has 5 heteroatoms. The third-order valence-electron chi connectivity index (χ3n) is 4.22. The zero-order chi connectivity index (χ0) is 17.8. The summed E-state index contributed by atoms with van der Waals surface area (Å²) >= 11 is 0. The van der Waals surface area contributed by atoms with Crippen LogP contribution in [0, 0.1) is 6.92 Å². The first-order valence-electron chi connectivity index (χ1n) is 8.11. The van der Waals surface area contributed by atoms with E-state index in [1.54, 1.807) is 26.5 Å². The number of aromatic nitrogens is 1. The molecule has 0 aliphatic carbocycles. The summed E-state index contributed by atoms with van der Waals surface area (Å²) in [5.74, 6) is 1.30. The molecule has 25 heavy (non-hydrogen) atoms. The van der Waals surface area contributed by atoms with Crippen molar-refractivity contribution in [1.29, 1.82) is 0 Å². The number of benzene rings is 2. The van der Waals surface area contributed by atoms with Gasteiger partial charge in [0, 0.05) is 29.9 Å². The Bertz CT molecular complexity index is 858. The van der Waals surface area contributed by atoms with Crippen LogP contribution < -0.4 is 14.8 Å². The van der Waals surface area contributed by atoms with Crippen molar-refractivity contribution in [2.45, 2.75) is 13.0 Å². The number of nitrogens with one attached hydrogen (secondary N) is 1. The Morgan fingerprint density at radius 2 is 1.80 bits per heavy atom. The predicted molar refractivity (Wildman–Crippen MR) is 99.5 cm³/mol. The zero-order valence-electron chi connectivity index (χ0n) is 14.6. The molecular weight excluding hydrogens is 316 g/mol. The Morgan fingerprint density at radius 3 is 2.48 bits per heavy atom. The van der Waals surface area contributed by atoms with Crippen LogP contribution in [0.3, 0.4) is 0 Å². The molecule has 0 radical (unpaired) electrons. The summed E-state index contributed by atoms with van der Waals surface area (Å²) < 4.78 is 10.5. The molecule has 0 bridgehead atoms. The fourth-order valence-corrected chi connectivity index (χ4v) is 2.82. The van der Waals surface area contributed by atoms with Crippen LogP contribution in [-0.4, -0.2) is 30.9 Å². The first kappa shape index (κ1) is 17.0. The van der Waals surface area contributed by atoms with Crippen LogP contribution in [0.1, 0.15) is 17.2 Å². The summed E-state index contributed by atoms with van der Waals surface area (Å²) in [6, 6.07) is 13.4. The number of hydrogen-bond acceptors (Lipinski definition) is 5. The lowest BCUT2D eigenvalue weighted by Crippen LogP contribution is -2.12. The lowest BCUT2D eigenvalue weighted by molar-refractivity contribution is 0.190. The van der Waals surface area contributed by atoms with E-state index in [1.807, 2.05) is 43.3 Å². The Morgan fingerprint density at radius 1 is 1.08 bits per heavy atom. The third kappa shape index (κ3) is 3.67. The van der Waals surface area contributed by atoms with Crippen molar-refractivity contribution in [3.05, 3.63) is 59.8 Å². The van der Waals surface area contributed by atoms with Gasteiger partial charge in [0.05, 0.1) is 25.8 Å². The van der Waals surface area contributed by atoms with Crippen molar-refractivity contribution in [3.8, 4) is 11.5 Å². The molecule has 130 valence electrons. The average molecular weight is 338 g/mol. The minimum Gasteiger partial charge on any atom is -0.497 e. The zero-order valence-corrected chi connectivity index (χ0v) is 14.6. The smallest absolute Gasteiger partial charge is 0.122 e. The highest BCUT2D eigenvalue weighted by atomic mass is 16.5. The van der Waals surface area contributed by atoms with Gasteiger partial charge in [0.1, 0.15) is 11.5 Å². The minimum absolute atomic E-state index is 0.364. The first-order valence-corrected chi connectivity index (χ1v) is 8.11. The molecule has 2 N–H and O–H groups in total. The normalized spacial score (nSPS) is 12.0. The van der Waals surface area contributed by atoms with Gasteiger partial charge in [-0.1, -0.05) is 18.2 Å². The van der Waals surface area contributed by atoms with Gasteiger partial charge in [-0.25, -0.2) is 0 Å². The van der Waals surface area contributed by atoms with Gasteiger partial charge < -0.3 is 19.9 Å². The number of para-hydroxylation sites is 1. The van der Waals surface area contributed by atoms with Crippen LogP contribution in [-0.2, 0) is 0 Å². The van der Waals surface area contributed by atoms with Crippen molar-refractivity contribution < 1.29 is 14.6 Å². The molecular formula is C20H22N2O3. The fourth-order valence-electron chi connectivity index (χ4n) is 2.82. The second-order valence-electron chi connectivity index (χ2n) is 5.87. The predicted octanol–water partition coefficient (Wildman–Crippen LogP) is 3.71. The van der Waals surface area contributed by atoms with E-state index in [4.69, 9.17) is 9.47 Å². The Hall–Kier alpha value is -2.79. The van der Waals surface area contributed by atoms with Crippen molar-refractivity contribution in [3.63, 3.8) is 0 Å². The monoisotopic (exact) mass is 338 g/mol. The van der Waals surface area contributed by atoms with E-state index in [0.29, 0.717) is 18.0 Å². The summed E-state index contributed by atoms with van der Waals surface area (Å²) in [5.41, 5.74) is 3.77. The molecule has 0 fully saturated rings. The molecule has 0 aliphatic heterocycles. The van der Waals surface area contributed by atoms with E-state index >= 15 is 0 Å². The summed E-state index contributed by atoms with van der Waals surface area (Å²) in [6.07, 6.45) is 1.08. The van der Waals surface area contributed by atoms with E-state index in [0.717, 1.165) is 27.7 Å². The van der Waals surface area contributed by atoms with Gasteiger partial charge >= 0.3 is 0 Å². The second-order valence-corrected chi connectivity index (χ2v) is 5.87. The fraction of sp³-hybridized carbons (Fsp3) is 0.250. The number of aliphatic hydroxyl groups is 1. The molecule has 0 spiro atoms. The van der Waals surface area contributed by atoms with E-state index < -0.39 is 6.10 Å². The first-order chi connectivity index (χ1) is 12.1. The number of fused-ring (bicyclic) bond motifs is 1. The number of rotatable bonds is 6. The van der Waals surface area contributed by atoms with Gasteiger partial charge in [-0.15, -0.1) is 0 Å². The molecule has 1 aromatic heterocycles. The van der Waals surface area contributed by atoms with Gasteiger partial charge in [0.2, 0.25) is 0 Å². The molecule has 2 aromatic carbocycles. The lowest BCUT2D eigenvalue weighted by Gasteiger charge is -2.16. The van der Waals surface area contributed by atoms with Crippen molar-refractivity contribution in [2.24, 2.45) is 0 Å².